The molecule has 5 nitrogen and oxygen atoms in total. The van der Waals surface area contributed by atoms with Gasteiger partial charge in [-0.2, -0.15) is 15.8 Å². The molecule has 6 heteroatoms. The summed E-state index contributed by atoms with van der Waals surface area (Å²) in [5, 5.41) is 47.4. The molecule has 0 bridgehead atoms. The Morgan fingerprint density at radius 1 is 0.762 bits per heavy atom. The van der Waals surface area contributed by atoms with Crippen LogP contribution in [0.2, 0.25) is 0 Å². The smallest absolute Gasteiger partial charge is 0.126 e. The van der Waals surface area contributed by atoms with Crippen LogP contribution in [0, 0.1) is 34.0 Å². The van der Waals surface area contributed by atoms with E-state index < -0.39 is 0 Å². The second kappa shape index (κ2) is 5.54. The summed E-state index contributed by atoms with van der Waals surface area (Å²) >= 11 is 3.16. The van der Waals surface area contributed by atoms with Crippen LogP contribution in [0.4, 0.5) is 0 Å². The Bertz CT molecular complexity index is 870. The number of hydrogen-bond donors (Lipinski definition) is 2. The summed E-state index contributed by atoms with van der Waals surface area (Å²) < 4.78 is 0.493. The molecule has 2 aromatic rings. The first-order valence-electron chi connectivity index (χ1n) is 5.62. The van der Waals surface area contributed by atoms with E-state index in [1.54, 1.807) is 0 Å². The van der Waals surface area contributed by atoms with E-state index in [-0.39, 0.29) is 39.3 Å². The molecule has 0 spiro atoms. The number of benzene rings is 2. The number of phenolic OH excluding ortho intramolecular Hbond substituents is 2. The Morgan fingerprint density at radius 2 is 1.29 bits per heavy atom. The Balaban J connectivity index is 2.91. The van der Waals surface area contributed by atoms with Gasteiger partial charge in [0.1, 0.15) is 11.5 Å². The van der Waals surface area contributed by atoms with Gasteiger partial charge in [0.25, 0.3) is 0 Å². The van der Waals surface area contributed by atoms with E-state index in [0.29, 0.717) is 4.47 Å². The lowest BCUT2D eigenvalue weighted by atomic mass is 9.93. The summed E-state index contributed by atoms with van der Waals surface area (Å²) in [6, 6.07) is 10.9. The molecule has 0 aliphatic heterocycles. The van der Waals surface area contributed by atoms with Crippen LogP contribution in [-0.2, 0) is 0 Å². The number of nitriles is 3. The van der Waals surface area contributed by atoms with Crippen molar-refractivity contribution < 1.29 is 10.2 Å². The van der Waals surface area contributed by atoms with Crippen LogP contribution in [0.15, 0.2) is 28.7 Å². The van der Waals surface area contributed by atoms with Crippen LogP contribution in [0.25, 0.3) is 11.1 Å². The average molecular weight is 340 g/mol. The van der Waals surface area contributed by atoms with Gasteiger partial charge in [0.05, 0.1) is 34.9 Å². The minimum absolute atomic E-state index is 0.000623. The van der Waals surface area contributed by atoms with Crippen LogP contribution in [0.3, 0.4) is 0 Å². The third-order valence-corrected chi connectivity index (χ3v) is 3.28. The van der Waals surface area contributed by atoms with E-state index in [2.05, 4.69) is 15.9 Å². The third-order valence-electron chi connectivity index (χ3n) is 2.82. The van der Waals surface area contributed by atoms with Crippen LogP contribution in [0.1, 0.15) is 16.7 Å². The van der Waals surface area contributed by atoms with Crippen molar-refractivity contribution in [1.82, 2.24) is 0 Å². The fourth-order valence-corrected chi connectivity index (χ4v) is 2.43. The van der Waals surface area contributed by atoms with Crippen molar-refractivity contribution in [3.63, 3.8) is 0 Å². The topological polar surface area (TPSA) is 112 Å². The van der Waals surface area contributed by atoms with Crippen LogP contribution in [-0.4, -0.2) is 10.2 Å². The Kier molecular flexibility index (Phi) is 3.80. The molecule has 2 rings (SSSR count). The van der Waals surface area contributed by atoms with Crippen molar-refractivity contribution in [3.8, 4) is 40.8 Å². The normalized spacial score (nSPS) is 9.43. The highest BCUT2D eigenvalue weighted by Gasteiger charge is 2.20. The van der Waals surface area contributed by atoms with Gasteiger partial charge in [0.2, 0.25) is 0 Å². The maximum atomic E-state index is 10.1. The highest BCUT2D eigenvalue weighted by Crippen LogP contribution is 2.42. The summed E-state index contributed by atoms with van der Waals surface area (Å²) in [5.41, 5.74) is 0.291. The van der Waals surface area contributed by atoms with E-state index in [4.69, 9.17) is 5.26 Å². The first kappa shape index (κ1) is 14.4. The Morgan fingerprint density at radius 3 is 1.81 bits per heavy atom. The molecule has 2 N–H and O–H groups in total. The van der Waals surface area contributed by atoms with Gasteiger partial charge < -0.3 is 10.2 Å². The van der Waals surface area contributed by atoms with Crippen molar-refractivity contribution in [2.45, 2.75) is 0 Å². The lowest BCUT2D eigenvalue weighted by molar-refractivity contribution is 0.468. The van der Waals surface area contributed by atoms with E-state index in [0.717, 1.165) is 0 Å². The molecular formula is C15H6BrN3O2. The fraction of sp³-hybridized carbons (Fsp3) is 0. The molecule has 0 saturated heterocycles. The average Bonchev–Trinajstić information content (AvgIpc) is 2.46. The van der Waals surface area contributed by atoms with Gasteiger partial charge in [0, 0.05) is 15.6 Å². The Labute approximate surface area is 128 Å². The lowest BCUT2D eigenvalue weighted by Gasteiger charge is -2.12. The Hall–Kier alpha value is -3.01. The third kappa shape index (κ3) is 2.51. The molecule has 21 heavy (non-hydrogen) atoms. The van der Waals surface area contributed by atoms with Crippen molar-refractivity contribution in [2.24, 2.45) is 0 Å². The maximum absolute atomic E-state index is 10.1. The number of phenols is 2. The van der Waals surface area contributed by atoms with Crippen LogP contribution >= 0.6 is 15.9 Å². The van der Waals surface area contributed by atoms with Crippen molar-refractivity contribution in [3.05, 3.63) is 45.4 Å². The molecule has 0 amide bonds. The van der Waals surface area contributed by atoms with Gasteiger partial charge in [0.15, 0.2) is 0 Å². The van der Waals surface area contributed by atoms with Gasteiger partial charge in [-0.15, -0.1) is 0 Å². The van der Waals surface area contributed by atoms with Crippen molar-refractivity contribution in [1.29, 1.82) is 15.8 Å². The summed E-state index contributed by atoms with van der Waals surface area (Å²) in [6.07, 6.45) is 0. The predicted molar refractivity (Wildman–Crippen MR) is 77.1 cm³/mol. The molecular weight excluding hydrogens is 334 g/mol. The van der Waals surface area contributed by atoms with Crippen LogP contribution < -0.4 is 0 Å². The number of aromatic hydroxyl groups is 2. The van der Waals surface area contributed by atoms with Crippen molar-refractivity contribution >= 4 is 15.9 Å². The molecule has 0 aromatic heterocycles. The standard InChI is InChI=1S/C15H6BrN3O2/c16-11-3-10(7-19)15(13(21)4-11)14-9(6-18)1-8(5-17)2-12(14)20/h1-4,20-21H. The minimum atomic E-state index is -0.347. The summed E-state index contributed by atoms with van der Waals surface area (Å²) in [6.45, 7) is 0. The molecule has 0 aliphatic rings. The molecule has 0 aliphatic carbocycles. The zero-order valence-electron chi connectivity index (χ0n) is 10.4. The SMILES string of the molecule is N#Cc1cc(O)c(-c2c(O)cc(Br)cc2C#N)c(C#N)c1. The second-order valence-electron chi connectivity index (χ2n) is 4.10. The first-order valence-corrected chi connectivity index (χ1v) is 6.41. The molecule has 2 aromatic carbocycles. The first-order chi connectivity index (χ1) is 10.0. The van der Waals surface area contributed by atoms with E-state index in [9.17, 15) is 20.7 Å². The summed E-state index contributed by atoms with van der Waals surface area (Å²) in [5.74, 6) is -0.600. The van der Waals surface area contributed by atoms with Crippen molar-refractivity contribution in [2.75, 3.05) is 0 Å². The number of nitrogens with zero attached hydrogens (tertiary/aromatic N) is 3. The lowest BCUT2D eigenvalue weighted by Crippen LogP contribution is -1.92. The zero-order valence-corrected chi connectivity index (χ0v) is 12.0. The van der Waals surface area contributed by atoms with E-state index in [1.807, 2.05) is 18.2 Å². The largest absolute Gasteiger partial charge is 0.507 e. The molecule has 0 saturated carbocycles. The van der Waals surface area contributed by atoms with Gasteiger partial charge in [-0.3, -0.25) is 0 Å². The van der Waals surface area contributed by atoms with Gasteiger partial charge in [-0.1, -0.05) is 15.9 Å². The zero-order chi connectivity index (χ0) is 15.6. The fourth-order valence-electron chi connectivity index (χ4n) is 1.99. The number of halogens is 1. The number of rotatable bonds is 1. The minimum Gasteiger partial charge on any atom is -0.507 e. The monoisotopic (exact) mass is 339 g/mol. The van der Waals surface area contributed by atoms with E-state index in [1.165, 1.54) is 24.3 Å². The predicted octanol–water partition coefficient (Wildman–Crippen LogP) is 3.14. The van der Waals surface area contributed by atoms with Crippen LogP contribution in [0.5, 0.6) is 11.5 Å². The quantitative estimate of drug-likeness (QED) is 0.828. The van der Waals surface area contributed by atoms with Gasteiger partial charge >= 0.3 is 0 Å². The molecule has 100 valence electrons. The molecule has 0 atom stereocenters. The van der Waals surface area contributed by atoms with Gasteiger partial charge in [-0.25, -0.2) is 0 Å². The summed E-state index contributed by atoms with van der Waals surface area (Å²) in [4.78, 5) is 0. The van der Waals surface area contributed by atoms with E-state index >= 15 is 0 Å². The molecule has 0 heterocycles. The molecule has 0 radical (unpaired) electrons. The molecule has 0 unspecified atom stereocenters. The highest BCUT2D eigenvalue weighted by molar-refractivity contribution is 9.10. The molecule has 0 fully saturated rings. The summed E-state index contributed by atoms with van der Waals surface area (Å²) in [7, 11) is 0. The second-order valence-corrected chi connectivity index (χ2v) is 5.02. The number of hydrogen-bond acceptors (Lipinski definition) is 5. The maximum Gasteiger partial charge on any atom is 0.126 e. The van der Waals surface area contributed by atoms with Gasteiger partial charge in [-0.05, 0) is 24.3 Å². The highest BCUT2D eigenvalue weighted by atomic mass is 79.9.